The molecular weight excluding hydrogens is 459 g/mol. The number of likely N-dealkylation sites (N-methyl/N-ethyl adjacent to an activating group) is 1. The third kappa shape index (κ3) is 6.44. The number of nitrogens with one attached hydrogen (secondary N) is 1. The van der Waals surface area contributed by atoms with Crippen molar-refractivity contribution < 1.29 is 27.4 Å². The summed E-state index contributed by atoms with van der Waals surface area (Å²) in [6, 6.07) is 16.6. The van der Waals surface area contributed by atoms with Crippen LogP contribution in [0.25, 0.3) is 0 Å². The maximum atomic E-state index is 13.0. The summed E-state index contributed by atoms with van der Waals surface area (Å²) in [5, 5.41) is 2.74. The van der Waals surface area contributed by atoms with Gasteiger partial charge in [-0.25, -0.2) is 0 Å². The van der Waals surface area contributed by atoms with Gasteiger partial charge in [0.2, 0.25) is 5.91 Å². The molecule has 186 valence electrons. The molecule has 1 N–H and O–H groups in total. The molecule has 0 fully saturated rings. The summed E-state index contributed by atoms with van der Waals surface area (Å²) in [5.74, 6) is 0.885. The first-order chi connectivity index (χ1) is 16.8. The van der Waals surface area contributed by atoms with Crippen molar-refractivity contribution >= 4 is 11.6 Å². The first-order valence-corrected chi connectivity index (χ1v) is 11.1. The lowest BCUT2D eigenvalue weighted by atomic mass is 10.0. The van der Waals surface area contributed by atoms with Gasteiger partial charge in [0.1, 0.15) is 11.7 Å². The molecule has 0 aliphatic carbocycles. The molecule has 0 saturated carbocycles. The molecule has 1 aromatic heterocycles. The van der Waals surface area contributed by atoms with E-state index in [1.165, 1.54) is 19.4 Å². The molecule has 0 spiro atoms. The van der Waals surface area contributed by atoms with E-state index in [2.05, 4.69) is 10.3 Å². The summed E-state index contributed by atoms with van der Waals surface area (Å²) in [5.41, 5.74) is 1.31. The Balaban J connectivity index is 1.91. The lowest BCUT2D eigenvalue weighted by molar-refractivity contribution is -0.141. The lowest BCUT2D eigenvalue weighted by Crippen LogP contribution is -2.40. The summed E-state index contributed by atoms with van der Waals surface area (Å²) in [6.07, 6.45) is -2.16. The minimum absolute atomic E-state index is 0.192. The molecular formula is C26H28F3N3O3. The van der Waals surface area contributed by atoms with Crippen molar-refractivity contribution in [3.8, 4) is 11.5 Å². The number of aromatic nitrogens is 1. The molecule has 0 unspecified atom stereocenters. The van der Waals surface area contributed by atoms with Crippen LogP contribution in [0.5, 0.6) is 11.5 Å². The van der Waals surface area contributed by atoms with Crippen LogP contribution in [0.2, 0.25) is 0 Å². The summed E-state index contributed by atoms with van der Waals surface area (Å²) in [6.45, 7) is 0.448. The van der Waals surface area contributed by atoms with Gasteiger partial charge in [0.25, 0.3) is 0 Å². The zero-order valence-corrected chi connectivity index (χ0v) is 19.8. The summed E-state index contributed by atoms with van der Waals surface area (Å²) < 4.78 is 49.2. The second-order valence-electron chi connectivity index (χ2n) is 7.81. The average Bonchev–Trinajstić information content (AvgIpc) is 2.87. The van der Waals surface area contributed by atoms with Gasteiger partial charge < -0.3 is 19.7 Å². The predicted octanol–water partition coefficient (Wildman–Crippen LogP) is 5.04. The fourth-order valence-corrected chi connectivity index (χ4v) is 3.85. The van der Waals surface area contributed by atoms with E-state index in [1.54, 1.807) is 26.3 Å². The van der Waals surface area contributed by atoms with Crippen molar-refractivity contribution in [1.82, 2.24) is 10.3 Å². The third-order valence-corrected chi connectivity index (χ3v) is 5.60. The van der Waals surface area contributed by atoms with Crippen LogP contribution in [0, 0.1) is 0 Å². The molecule has 9 heteroatoms. The number of nitrogens with zero attached hydrogens (tertiary/aromatic N) is 2. The van der Waals surface area contributed by atoms with E-state index < -0.39 is 17.9 Å². The maximum Gasteiger partial charge on any atom is 0.433 e. The number of aryl methyl sites for hydroxylation is 1. The Morgan fingerprint density at radius 2 is 1.74 bits per heavy atom. The number of pyridine rings is 1. The Morgan fingerprint density at radius 1 is 1.03 bits per heavy atom. The van der Waals surface area contributed by atoms with Crippen molar-refractivity contribution in [1.29, 1.82) is 0 Å². The molecule has 1 heterocycles. The topological polar surface area (TPSA) is 63.7 Å². The van der Waals surface area contributed by atoms with Crippen LogP contribution in [0.1, 0.15) is 29.3 Å². The highest BCUT2D eigenvalue weighted by molar-refractivity contribution is 5.86. The number of methoxy groups -OCH3 is 2. The Kier molecular flexibility index (Phi) is 8.57. The van der Waals surface area contributed by atoms with Gasteiger partial charge in [-0.1, -0.05) is 36.4 Å². The number of rotatable bonds is 10. The van der Waals surface area contributed by atoms with Crippen LogP contribution in [0.15, 0.2) is 66.9 Å². The van der Waals surface area contributed by atoms with Gasteiger partial charge in [0.15, 0.2) is 11.5 Å². The Hall–Kier alpha value is -3.75. The molecule has 2 aromatic carbocycles. The average molecular weight is 488 g/mol. The largest absolute Gasteiger partial charge is 0.493 e. The van der Waals surface area contributed by atoms with E-state index in [-0.39, 0.29) is 5.91 Å². The van der Waals surface area contributed by atoms with Crippen molar-refractivity contribution in [3.05, 3.63) is 83.7 Å². The number of benzene rings is 2. The van der Waals surface area contributed by atoms with Gasteiger partial charge in [-0.15, -0.1) is 0 Å². The summed E-state index contributed by atoms with van der Waals surface area (Å²) in [4.78, 5) is 18.5. The van der Waals surface area contributed by atoms with E-state index in [1.807, 2.05) is 41.3 Å². The lowest BCUT2D eigenvalue weighted by Gasteiger charge is -2.33. The number of carbonyl (C=O) groups is 1. The molecule has 35 heavy (non-hydrogen) atoms. The van der Waals surface area contributed by atoms with Crippen LogP contribution in [0.3, 0.4) is 0 Å². The van der Waals surface area contributed by atoms with Gasteiger partial charge in [-0.05, 0) is 42.2 Å². The normalized spacial score (nSPS) is 12.1. The van der Waals surface area contributed by atoms with Crippen molar-refractivity contribution in [3.63, 3.8) is 0 Å². The second kappa shape index (κ2) is 11.6. The molecule has 3 aromatic rings. The van der Waals surface area contributed by atoms with Crippen LogP contribution in [-0.4, -0.2) is 38.7 Å². The number of hydrogen-bond acceptors (Lipinski definition) is 5. The third-order valence-electron chi connectivity index (χ3n) is 5.60. The van der Waals surface area contributed by atoms with Crippen LogP contribution in [-0.2, 0) is 17.4 Å². The fourth-order valence-electron chi connectivity index (χ4n) is 3.85. The highest BCUT2D eigenvalue weighted by Gasteiger charge is 2.32. The maximum absolute atomic E-state index is 13.0. The quantitative estimate of drug-likeness (QED) is 0.434. The minimum Gasteiger partial charge on any atom is -0.493 e. The van der Waals surface area contributed by atoms with Crippen LogP contribution >= 0.6 is 0 Å². The predicted molar refractivity (Wildman–Crippen MR) is 128 cm³/mol. The zero-order chi connectivity index (χ0) is 25.4. The highest BCUT2D eigenvalue weighted by Crippen LogP contribution is 2.35. The smallest absolute Gasteiger partial charge is 0.433 e. The van der Waals surface area contributed by atoms with Gasteiger partial charge in [-0.2, -0.15) is 13.2 Å². The van der Waals surface area contributed by atoms with E-state index in [9.17, 15) is 18.0 Å². The number of amides is 1. The fraction of sp³-hybridized carbons (Fsp3) is 0.308. The van der Waals surface area contributed by atoms with Gasteiger partial charge in [0, 0.05) is 31.5 Å². The SMILES string of the molecule is CNC(=O)[C@@H](c1ccccc1)N(CCCc1ccc(C(F)(F)F)nc1)c1ccc(OC)c(OC)c1. The molecule has 6 nitrogen and oxygen atoms in total. The monoisotopic (exact) mass is 487 g/mol. The number of ether oxygens (including phenoxy) is 2. The van der Waals surface area contributed by atoms with E-state index in [4.69, 9.17) is 9.47 Å². The molecule has 0 aliphatic heterocycles. The van der Waals surface area contributed by atoms with Crippen molar-refractivity contribution in [2.24, 2.45) is 0 Å². The number of hydrogen-bond donors (Lipinski definition) is 1. The Bertz CT molecular complexity index is 1110. The number of anilines is 1. The molecule has 1 atom stereocenters. The highest BCUT2D eigenvalue weighted by atomic mass is 19.4. The zero-order valence-electron chi connectivity index (χ0n) is 19.8. The first-order valence-electron chi connectivity index (χ1n) is 11.1. The van der Waals surface area contributed by atoms with Crippen LogP contribution in [0.4, 0.5) is 18.9 Å². The summed E-state index contributed by atoms with van der Waals surface area (Å²) >= 11 is 0. The van der Waals surface area contributed by atoms with Gasteiger partial charge >= 0.3 is 6.18 Å². The first kappa shape index (κ1) is 25.9. The molecule has 0 aliphatic rings. The summed E-state index contributed by atoms with van der Waals surface area (Å²) in [7, 11) is 4.67. The molecule has 0 saturated heterocycles. The van der Waals surface area contributed by atoms with Gasteiger partial charge in [0.05, 0.1) is 14.2 Å². The molecule has 0 radical (unpaired) electrons. The standard InChI is InChI=1S/C26H28F3N3O3/c1-30-25(33)24(19-9-5-4-6-10-19)32(20-12-13-21(34-2)22(16-20)35-3)15-7-8-18-11-14-23(31-17-18)26(27,28)29/h4-6,9-14,16-17,24H,7-8,15H2,1-3H3,(H,30,33)/t24-/m1/s1. The van der Waals surface area contributed by atoms with Crippen LogP contribution < -0.4 is 19.7 Å². The minimum atomic E-state index is -4.47. The van der Waals surface area contributed by atoms with Crippen molar-refractivity contribution in [2.75, 3.05) is 32.7 Å². The van der Waals surface area contributed by atoms with E-state index >= 15 is 0 Å². The van der Waals surface area contributed by atoms with Crippen molar-refractivity contribution in [2.45, 2.75) is 25.1 Å². The van der Waals surface area contributed by atoms with E-state index in [0.717, 1.165) is 17.3 Å². The molecule has 1 amide bonds. The number of alkyl halides is 3. The molecule has 0 bridgehead atoms. The van der Waals surface area contributed by atoms with Gasteiger partial charge in [-0.3, -0.25) is 9.78 Å². The van der Waals surface area contributed by atoms with E-state index in [0.29, 0.717) is 36.4 Å². The molecule has 3 rings (SSSR count). The Morgan fingerprint density at radius 3 is 2.31 bits per heavy atom. The number of carbonyl (C=O) groups excluding carboxylic acids is 1. The Labute approximate surface area is 202 Å². The number of halogens is 3. The second-order valence-corrected chi connectivity index (χ2v) is 7.81.